The monoisotopic (exact) mass is 268 g/mol. The van der Waals surface area contributed by atoms with E-state index in [1.165, 1.54) is 5.56 Å². The highest BCUT2D eigenvalue weighted by Crippen LogP contribution is 2.20. The van der Waals surface area contributed by atoms with Crippen molar-refractivity contribution in [2.45, 2.75) is 33.2 Å². The molecular weight excluding hydrogens is 248 g/mol. The number of carbonyl (C=O) groups is 1. The second kappa shape index (κ2) is 5.72. The van der Waals surface area contributed by atoms with Gasteiger partial charge in [0.05, 0.1) is 0 Å². The van der Waals surface area contributed by atoms with Gasteiger partial charge in [0.1, 0.15) is 0 Å². The summed E-state index contributed by atoms with van der Waals surface area (Å²) in [6.07, 6.45) is 0.912. The maximum Gasteiger partial charge on any atom is 0.254 e. The van der Waals surface area contributed by atoms with Crippen molar-refractivity contribution in [2.24, 2.45) is 5.73 Å². The third kappa shape index (κ3) is 2.85. The molecule has 1 aromatic carbocycles. The third-order valence-corrected chi connectivity index (χ3v) is 3.40. The van der Waals surface area contributed by atoms with Gasteiger partial charge < -0.3 is 10.6 Å². The fraction of sp³-hybridized carbons (Fsp3) is 0.500. The molecule has 1 fully saturated rings. The van der Waals surface area contributed by atoms with E-state index in [0.717, 1.165) is 29.7 Å². The molecule has 0 unspecified atom stereocenters. The number of likely N-dealkylation sites (tertiary alicyclic amines) is 1. The van der Waals surface area contributed by atoms with E-state index in [0.29, 0.717) is 6.54 Å². The first-order valence-electron chi connectivity index (χ1n) is 6.11. The number of rotatable bonds is 1. The largest absolute Gasteiger partial charge is 0.337 e. The zero-order valence-electron chi connectivity index (χ0n) is 11.2. The van der Waals surface area contributed by atoms with Crippen LogP contribution in [0.3, 0.4) is 0 Å². The maximum atomic E-state index is 12.4. The topological polar surface area (TPSA) is 46.3 Å². The lowest BCUT2D eigenvalue weighted by Crippen LogP contribution is -2.32. The van der Waals surface area contributed by atoms with Gasteiger partial charge in [0.2, 0.25) is 0 Å². The number of aryl methyl sites for hydroxylation is 3. The lowest BCUT2D eigenvalue weighted by molar-refractivity contribution is 0.0789. The van der Waals surface area contributed by atoms with E-state index in [4.69, 9.17) is 5.73 Å². The summed E-state index contributed by atoms with van der Waals surface area (Å²) in [6.45, 7) is 7.53. The highest BCUT2D eigenvalue weighted by atomic mass is 35.5. The van der Waals surface area contributed by atoms with Crippen LogP contribution in [-0.2, 0) is 0 Å². The normalized spacial score (nSPS) is 18.7. The fourth-order valence-corrected chi connectivity index (χ4v) is 2.65. The molecule has 1 aliphatic heterocycles. The Bertz CT molecular complexity index is 436. The van der Waals surface area contributed by atoms with E-state index >= 15 is 0 Å². The molecule has 0 aliphatic carbocycles. The average molecular weight is 269 g/mol. The van der Waals surface area contributed by atoms with Gasteiger partial charge in [-0.2, -0.15) is 0 Å². The first-order chi connectivity index (χ1) is 7.99. The van der Waals surface area contributed by atoms with Gasteiger partial charge in [-0.1, -0.05) is 17.7 Å². The van der Waals surface area contributed by atoms with Crippen LogP contribution < -0.4 is 5.73 Å². The zero-order chi connectivity index (χ0) is 12.6. The van der Waals surface area contributed by atoms with Gasteiger partial charge in [0.15, 0.2) is 0 Å². The van der Waals surface area contributed by atoms with E-state index in [2.05, 4.69) is 19.1 Å². The predicted octanol–water partition coefficient (Wildman–Crippen LogP) is 2.21. The molecule has 100 valence electrons. The molecule has 1 atom stereocenters. The molecule has 1 aromatic rings. The van der Waals surface area contributed by atoms with Gasteiger partial charge in [-0.15, -0.1) is 12.4 Å². The Hall–Kier alpha value is -1.06. The van der Waals surface area contributed by atoms with Crippen LogP contribution in [0.25, 0.3) is 0 Å². The Kier molecular flexibility index (Phi) is 4.77. The van der Waals surface area contributed by atoms with E-state index in [1.54, 1.807) is 0 Å². The molecule has 1 aliphatic rings. The minimum Gasteiger partial charge on any atom is -0.337 e. The molecule has 4 heteroatoms. The molecule has 1 heterocycles. The Morgan fingerprint density at radius 1 is 1.28 bits per heavy atom. The quantitative estimate of drug-likeness (QED) is 0.849. The number of hydrogen-bond acceptors (Lipinski definition) is 2. The van der Waals surface area contributed by atoms with Crippen molar-refractivity contribution in [3.63, 3.8) is 0 Å². The number of hydrogen-bond donors (Lipinski definition) is 1. The van der Waals surface area contributed by atoms with E-state index in [-0.39, 0.29) is 24.4 Å². The van der Waals surface area contributed by atoms with Gasteiger partial charge in [-0.05, 0) is 38.3 Å². The molecule has 1 amide bonds. The minimum atomic E-state index is 0. The van der Waals surface area contributed by atoms with E-state index in [9.17, 15) is 4.79 Å². The van der Waals surface area contributed by atoms with E-state index in [1.807, 2.05) is 18.7 Å². The van der Waals surface area contributed by atoms with Gasteiger partial charge in [0, 0.05) is 24.7 Å². The first kappa shape index (κ1) is 15.0. The van der Waals surface area contributed by atoms with Gasteiger partial charge >= 0.3 is 0 Å². The molecule has 3 nitrogen and oxygen atoms in total. The predicted molar refractivity (Wildman–Crippen MR) is 76.4 cm³/mol. The van der Waals surface area contributed by atoms with Crippen LogP contribution in [0.2, 0.25) is 0 Å². The number of nitrogens with zero attached hydrogens (tertiary/aromatic N) is 1. The lowest BCUT2D eigenvalue weighted by Gasteiger charge is -2.19. The van der Waals surface area contributed by atoms with Gasteiger partial charge in [-0.25, -0.2) is 0 Å². The maximum absolute atomic E-state index is 12.4. The molecule has 0 bridgehead atoms. The van der Waals surface area contributed by atoms with Crippen molar-refractivity contribution >= 4 is 18.3 Å². The molecule has 0 saturated carbocycles. The van der Waals surface area contributed by atoms with Crippen molar-refractivity contribution in [3.8, 4) is 0 Å². The molecule has 0 spiro atoms. The number of halogens is 1. The summed E-state index contributed by atoms with van der Waals surface area (Å²) >= 11 is 0. The number of amides is 1. The summed E-state index contributed by atoms with van der Waals surface area (Å²) < 4.78 is 0. The average Bonchev–Trinajstić information content (AvgIpc) is 2.63. The number of carbonyl (C=O) groups excluding carboxylic acids is 1. The van der Waals surface area contributed by atoms with Crippen LogP contribution in [0, 0.1) is 20.8 Å². The second-order valence-electron chi connectivity index (χ2n) is 5.07. The standard InChI is InChI=1S/C14H20N2O.ClH/c1-9-6-10(2)13(11(3)7-9)14(17)16-5-4-12(15)8-16;/h6-7,12H,4-5,8,15H2,1-3H3;1H/t12-;/m1./s1. The van der Waals surface area contributed by atoms with Crippen molar-refractivity contribution in [1.29, 1.82) is 0 Å². The van der Waals surface area contributed by atoms with Crippen LogP contribution >= 0.6 is 12.4 Å². The Balaban J connectivity index is 0.00000162. The molecular formula is C14H21ClN2O. The Morgan fingerprint density at radius 3 is 2.28 bits per heavy atom. The smallest absolute Gasteiger partial charge is 0.254 e. The summed E-state index contributed by atoms with van der Waals surface area (Å²) in [7, 11) is 0. The van der Waals surface area contributed by atoms with E-state index < -0.39 is 0 Å². The van der Waals surface area contributed by atoms with Crippen molar-refractivity contribution in [3.05, 3.63) is 34.4 Å². The number of nitrogens with two attached hydrogens (primary N) is 1. The van der Waals surface area contributed by atoms with Gasteiger partial charge in [-0.3, -0.25) is 4.79 Å². The third-order valence-electron chi connectivity index (χ3n) is 3.40. The SMILES string of the molecule is Cc1cc(C)c(C(=O)N2CC[C@@H](N)C2)c(C)c1.Cl. The molecule has 0 aromatic heterocycles. The summed E-state index contributed by atoms with van der Waals surface area (Å²) in [5.41, 5.74) is 10.0. The summed E-state index contributed by atoms with van der Waals surface area (Å²) in [4.78, 5) is 14.3. The van der Waals surface area contributed by atoms with Crippen LogP contribution in [0.5, 0.6) is 0 Å². The lowest BCUT2D eigenvalue weighted by atomic mass is 9.99. The first-order valence-corrected chi connectivity index (χ1v) is 6.11. The highest BCUT2D eigenvalue weighted by Gasteiger charge is 2.26. The van der Waals surface area contributed by atoms with Gasteiger partial charge in [0.25, 0.3) is 5.91 Å². The van der Waals surface area contributed by atoms with Crippen LogP contribution in [0.1, 0.15) is 33.5 Å². The Morgan fingerprint density at radius 2 is 1.83 bits per heavy atom. The van der Waals surface area contributed by atoms with Crippen molar-refractivity contribution < 1.29 is 4.79 Å². The van der Waals surface area contributed by atoms with Crippen LogP contribution in [0.15, 0.2) is 12.1 Å². The van der Waals surface area contributed by atoms with Crippen molar-refractivity contribution in [2.75, 3.05) is 13.1 Å². The van der Waals surface area contributed by atoms with Crippen LogP contribution in [0.4, 0.5) is 0 Å². The zero-order valence-corrected chi connectivity index (χ0v) is 12.0. The second-order valence-corrected chi connectivity index (χ2v) is 5.07. The molecule has 2 N–H and O–H groups in total. The summed E-state index contributed by atoms with van der Waals surface area (Å²) in [5, 5.41) is 0. The molecule has 2 rings (SSSR count). The molecule has 1 saturated heterocycles. The summed E-state index contributed by atoms with van der Waals surface area (Å²) in [5.74, 6) is 0.132. The molecule has 18 heavy (non-hydrogen) atoms. The minimum absolute atomic E-state index is 0. The Labute approximate surface area is 115 Å². The molecule has 0 radical (unpaired) electrons. The van der Waals surface area contributed by atoms with Crippen LogP contribution in [-0.4, -0.2) is 29.9 Å². The highest BCUT2D eigenvalue weighted by molar-refractivity contribution is 5.97. The fourth-order valence-electron chi connectivity index (χ4n) is 2.65. The van der Waals surface area contributed by atoms with Crippen molar-refractivity contribution in [1.82, 2.24) is 4.90 Å². The number of benzene rings is 1. The summed E-state index contributed by atoms with van der Waals surface area (Å²) in [6, 6.07) is 4.27.